The van der Waals surface area contributed by atoms with E-state index in [-0.39, 0.29) is 5.82 Å². The van der Waals surface area contributed by atoms with Crippen molar-refractivity contribution in [1.82, 2.24) is 0 Å². The van der Waals surface area contributed by atoms with E-state index >= 15 is 0 Å². The van der Waals surface area contributed by atoms with Gasteiger partial charge in [0.25, 0.3) is 0 Å². The zero-order chi connectivity index (χ0) is 7.56. The molecule has 54 valence electrons. The average molecular weight is 140 g/mol. The third kappa shape index (κ3) is 1.37. The summed E-state index contributed by atoms with van der Waals surface area (Å²) in [6, 6.07) is 4.33. The van der Waals surface area contributed by atoms with Crippen LogP contribution < -0.4 is 11.1 Å². The van der Waals surface area contributed by atoms with Crippen LogP contribution in [-0.2, 0) is 0 Å². The van der Waals surface area contributed by atoms with Crippen LogP contribution in [0.15, 0.2) is 18.2 Å². The first-order chi connectivity index (χ1) is 4.72. The third-order valence-corrected chi connectivity index (χ3v) is 1.21. The normalized spacial score (nSPS) is 9.40. The third-order valence-electron chi connectivity index (χ3n) is 1.21. The van der Waals surface area contributed by atoms with Gasteiger partial charge in [-0.15, -0.1) is 0 Å². The lowest BCUT2D eigenvalue weighted by molar-refractivity contribution is 0.629. The Morgan fingerprint density at radius 3 is 2.60 bits per heavy atom. The molecule has 0 aromatic heterocycles. The highest BCUT2D eigenvalue weighted by Crippen LogP contribution is 2.13. The number of halogens is 1. The maximum absolute atomic E-state index is 12.5. The molecule has 0 spiro atoms. The lowest BCUT2D eigenvalue weighted by Gasteiger charge is -2.00. The molecule has 1 rings (SSSR count). The minimum atomic E-state index is -0.315. The fraction of sp³-hybridized carbons (Fsp3) is 0.143. The number of hydrogen-bond donors (Lipinski definition) is 2. The summed E-state index contributed by atoms with van der Waals surface area (Å²) in [6.07, 6.45) is 0. The molecule has 0 amide bonds. The summed E-state index contributed by atoms with van der Waals surface area (Å²) in [5.41, 5.74) is 6.48. The van der Waals surface area contributed by atoms with E-state index < -0.39 is 0 Å². The van der Waals surface area contributed by atoms with Crippen LogP contribution in [0.2, 0.25) is 0 Å². The van der Waals surface area contributed by atoms with E-state index in [1.807, 2.05) is 0 Å². The van der Waals surface area contributed by atoms with Crippen LogP contribution in [0.25, 0.3) is 0 Å². The van der Waals surface area contributed by atoms with Crippen molar-refractivity contribution in [1.29, 1.82) is 0 Å². The summed E-state index contributed by atoms with van der Waals surface area (Å²) in [6.45, 7) is 0. The topological polar surface area (TPSA) is 38.0 Å². The van der Waals surface area contributed by atoms with E-state index in [0.29, 0.717) is 11.4 Å². The van der Waals surface area contributed by atoms with Gasteiger partial charge in [-0.3, -0.25) is 0 Å². The van der Waals surface area contributed by atoms with E-state index in [0.717, 1.165) is 0 Å². The maximum Gasteiger partial charge on any atom is 0.127 e. The van der Waals surface area contributed by atoms with Crippen molar-refractivity contribution in [3.05, 3.63) is 24.0 Å². The molecule has 0 aliphatic rings. The first-order valence-electron chi connectivity index (χ1n) is 2.96. The minimum absolute atomic E-state index is 0.315. The fourth-order valence-corrected chi connectivity index (χ4v) is 0.757. The summed E-state index contributed by atoms with van der Waals surface area (Å²) in [5, 5.41) is 2.79. The van der Waals surface area contributed by atoms with Crippen LogP contribution >= 0.6 is 0 Å². The number of nitrogen functional groups attached to an aromatic ring is 1. The summed E-state index contributed by atoms with van der Waals surface area (Å²) < 4.78 is 12.5. The molecule has 3 heteroatoms. The average Bonchev–Trinajstić information content (AvgIpc) is 1.85. The molecule has 0 radical (unpaired) electrons. The van der Waals surface area contributed by atoms with Gasteiger partial charge in [-0.25, -0.2) is 4.39 Å². The van der Waals surface area contributed by atoms with Crippen LogP contribution in [0.1, 0.15) is 0 Å². The van der Waals surface area contributed by atoms with Crippen LogP contribution in [-0.4, -0.2) is 7.05 Å². The van der Waals surface area contributed by atoms with Crippen molar-refractivity contribution in [3.8, 4) is 0 Å². The largest absolute Gasteiger partial charge is 0.399 e. The molecular formula is C7H9FN2. The van der Waals surface area contributed by atoms with Gasteiger partial charge < -0.3 is 11.1 Å². The molecule has 10 heavy (non-hydrogen) atoms. The van der Waals surface area contributed by atoms with Gasteiger partial charge in [-0.2, -0.15) is 0 Å². The van der Waals surface area contributed by atoms with E-state index in [4.69, 9.17) is 5.73 Å². The Balaban J connectivity index is 3.06. The molecule has 1 aromatic carbocycles. The van der Waals surface area contributed by atoms with E-state index in [1.165, 1.54) is 12.1 Å². The Morgan fingerprint density at radius 2 is 2.10 bits per heavy atom. The van der Waals surface area contributed by atoms with Gasteiger partial charge in [-0.05, 0) is 18.2 Å². The molecule has 0 saturated heterocycles. The highest BCUT2D eigenvalue weighted by Gasteiger charge is 1.94. The number of hydrogen-bond acceptors (Lipinski definition) is 2. The number of rotatable bonds is 1. The van der Waals surface area contributed by atoms with E-state index in [9.17, 15) is 4.39 Å². The van der Waals surface area contributed by atoms with Crippen LogP contribution in [0.5, 0.6) is 0 Å². The molecule has 0 unspecified atom stereocenters. The number of nitrogens with two attached hydrogens (primary N) is 1. The summed E-state index contributed by atoms with van der Waals surface area (Å²) in [4.78, 5) is 0. The second-order valence-corrected chi connectivity index (χ2v) is 2.02. The second kappa shape index (κ2) is 2.56. The molecule has 2 nitrogen and oxygen atoms in total. The van der Waals surface area contributed by atoms with Crippen molar-refractivity contribution in [3.63, 3.8) is 0 Å². The van der Waals surface area contributed by atoms with Gasteiger partial charge in [0.2, 0.25) is 0 Å². The molecule has 0 bridgehead atoms. The molecule has 0 heterocycles. The van der Waals surface area contributed by atoms with Crippen LogP contribution in [0.4, 0.5) is 15.8 Å². The van der Waals surface area contributed by atoms with Gasteiger partial charge >= 0.3 is 0 Å². The van der Waals surface area contributed by atoms with Crippen molar-refractivity contribution in [2.24, 2.45) is 0 Å². The molecule has 0 atom stereocenters. The molecule has 0 aliphatic heterocycles. The van der Waals surface area contributed by atoms with Gasteiger partial charge in [0.1, 0.15) is 5.82 Å². The summed E-state index contributed by atoms with van der Waals surface area (Å²) >= 11 is 0. The predicted octanol–water partition coefficient (Wildman–Crippen LogP) is 1.45. The molecule has 1 aromatic rings. The first-order valence-corrected chi connectivity index (χ1v) is 2.96. The fourth-order valence-electron chi connectivity index (χ4n) is 0.757. The van der Waals surface area contributed by atoms with Crippen molar-refractivity contribution in [2.45, 2.75) is 0 Å². The van der Waals surface area contributed by atoms with Crippen LogP contribution in [0, 0.1) is 5.82 Å². The van der Waals surface area contributed by atoms with Crippen molar-refractivity contribution in [2.75, 3.05) is 18.1 Å². The molecule has 0 aliphatic carbocycles. The van der Waals surface area contributed by atoms with Gasteiger partial charge in [-0.1, -0.05) is 0 Å². The predicted molar refractivity (Wildman–Crippen MR) is 40.4 cm³/mol. The van der Waals surface area contributed by atoms with E-state index in [2.05, 4.69) is 5.32 Å². The zero-order valence-electron chi connectivity index (χ0n) is 5.69. The molecule has 0 fully saturated rings. The highest BCUT2D eigenvalue weighted by atomic mass is 19.1. The Labute approximate surface area is 58.9 Å². The Morgan fingerprint density at radius 1 is 1.40 bits per heavy atom. The number of nitrogens with one attached hydrogen (secondary N) is 1. The Kier molecular flexibility index (Phi) is 1.76. The van der Waals surface area contributed by atoms with E-state index in [1.54, 1.807) is 13.1 Å². The second-order valence-electron chi connectivity index (χ2n) is 2.02. The number of benzene rings is 1. The maximum atomic E-state index is 12.5. The highest BCUT2D eigenvalue weighted by molar-refractivity contribution is 5.54. The molecule has 3 N–H and O–H groups in total. The zero-order valence-corrected chi connectivity index (χ0v) is 5.69. The van der Waals surface area contributed by atoms with Crippen molar-refractivity contribution >= 4 is 11.4 Å². The molecule has 0 saturated carbocycles. The van der Waals surface area contributed by atoms with Gasteiger partial charge in [0.05, 0.1) is 0 Å². The van der Waals surface area contributed by atoms with Gasteiger partial charge in [0.15, 0.2) is 0 Å². The quantitative estimate of drug-likeness (QED) is 0.579. The SMILES string of the molecule is CNc1cc(N)cc(F)c1. The monoisotopic (exact) mass is 140 g/mol. The Hall–Kier alpha value is -1.25. The first kappa shape index (κ1) is 6.86. The number of anilines is 2. The van der Waals surface area contributed by atoms with Crippen LogP contribution in [0.3, 0.4) is 0 Å². The molecular weight excluding hydrogens is 131 g/mol. The smallest absolute Gasteiger partial charge is 0.127 e. The lowest BCUT2D eigenvalue weighted by atomic mass is 10.3. The van der Waals surface area contributed by atoms with Crippen molar-refractivity contribution < 1.29 is 4.39 Å². The van der Waals surface area contributed by atoms with Gasteiger partial charge in [0, 0.05) is 18.4 Å². The summed E-state index contributed by atoms with van der Waals surface area (Å²) in [5.74, 6) is -0.315. The standard InChI is InChI=1S/C7H9FN2/c1-10-7-3-5(8)2-6(9)4-7/h2-4,10H,9H2,1H3. The minimum Gasteiger partial charge on any atom is -0.399 e. The summed E-state index contributed by atoms with van der Waals surface area (Å²) in [7, 11) is 1.72. The lowest BCUT2D eigenvalue weighted by Crippen LogP contribution is -1.92. The Bertz CT molecular complexity index is 215.